The number of halogens is 2. The van der Waals surface area contributed by atoms with Crippen molar-refractivity contribution in [3.8, 4) is 0 Å². The van der Waals surface area contributed by atoms with Gasteiger partial charge in [-0.2, -0.15) is 11.8 Å². The summed E-state index contributed by atoms with van der Waals surface area (Å²) in [6.07, 6.45) is 0. The molecule has 74 valence electrons. The lowest BCUT2D eigenvalue weighted by atomic mass is 10.2. The molecular formula is C9H13Cl2NS. The van der Waals surface area contributed by atoms with Crippen LogP contribution in [0.2, 0.25) is 5.02 Å². The SMILES string of the molecule is Cl.NCCSCc1ccc(Cl)cc1. The van der Waals surface area contributed by atoms with Crippen LogP contribution >= 0.6 is 35.8 Å². The van der Waals surface area contributed by atoms with Crippen molar-refractivity contribution in [1.29, 1.82) is 0 Å². The van der Waals surface area contributed by atoms with E-state index in [0.717, 1.165) is 23.1 Å². The van der Waals surface area contributed by atoms with Crippen LogP contribution in [0, 0.1) is 0 Å². The van der Waals surface area contributed by atoms with Crippen LogP contribution < -0.4 is 5.73 Å². The number of benzene rings is 1. The van der Waals surface area contributed by atoms with Crippen LogP contribution in [-0.4, -0.2) is 12.3 Å². The lowest BCUT2D eigenvalue weighted by Crippen LogP contribution is -2.01. The summed E-state index contributed by atoms with van der Waals surface area (Å²) in [5.74, 6) is 2.04. The van der Waals surface area contributed by atoms with Crippen molar-refractivity contribution in [1.82, 2.24) is 0 Å². The van der Waals surface area contributed by atoms with Crippen LogP contribution in [0.15, 0.2) is 24.3 Å². The third kappa shape index (κ3) is 5.42. The Morgan fingerprint density at radius 3 is 2.38 bits per heavy atom. The Labute approximate surface area is 94.4 Å². The Balaban J connectivity index is 0.00000144. The van der Waals surface area contributed by atoms with Gasteiger partial charge in [0, 0.05) is 23.1 Å². The molecule has 0 unspecified atom stereocenters. The van der Waals surface area contributed by atoms with Crippen molar-refractivity contribution in [3.05, 3.63) is 34.9 Å². The van der Waals surface area contributed by atoms with E-state index < -0.39 is 0 Å². The van der Waals surface area contributed by atoms with Gasteiger partial charge in [-0.3, -0.25) is 0 Å². The minimum absolute atomic E-state index is 0. The van der Waals surface area contributed by atoms with E-state index in [4.69, 9.17) is 17.3 Å². The fourth-order valence-electron chi connectivity index (χ4n) is 0.854. The van der Waals surface area contributed by atoms with Gasteiger partial charge >= 0.3 is 0 Å². The van der Waals surface area contributed by atoms with Crippen LogP contribution in [0.4, 0.5) is 0 Å². The van der Waals surface area contributed by atoms with Crippen LogP contribution in [-0.2, 0) is 5.75 Å². The van der Waals surface area contributed by atoms with Gasteiger partial charge in [0.05, 0.1) is 0 Å². The van der Waals surface area contributed by atoms with Crippen molar-refractivity contribution in [2.75, 3.05) is 12.3 Å². The zero-order chi connectivity index (χ0) is 8.81. The molecule has 0 amide bonds. The number of nitrogens with two attached hydrogens (primary N) is 1. The molecule has 0 aliphatic rings. The van der Waals surface area contributed by atoms with E-state index in [1.54, 1.807) is 0 Å². The lowest BCUT2D eigenvalue weighted by molar-refractivity contribution is 1.15. The zero-order valence-corrected chi connectivity index (χ0v) is 9.59. The third-order valence-electron chi connectivity index (χ3n) is 1.44. The van der Waals surface area contributed by atoms with Crippen molar-refractivity contribution >= 4 is 35.8 Å². The molecule has 0 heterocycles. The average Bonchev–Trinajstić information content (AvgIpc) is 2.09. The highest BCUT2D eigenvalue weighted by Gasteiger charge is 1.92. The molecule has 1 rings (SSSR count). The van der Waals surface area contributed by atoms with Gasteiger partial charge in [0.2, 0.25) is 0 Å². The quantitative estimate of drug-likeness (QED) is 0.816. The van der Waals surface area contributed by atoms with Gasteiger partial charge in [-0.1, -0.05) is 23.7 Å². The molecule has 1 nitrogen and oxygen atoms in total. The Morgan fingerprint density at radius 2 is 1.85 bits per heavy atom. The molecule has 0 radical (unpaired) electrons. The van der Waals surface area contributed by atoms with Crippen LogP contribution in [0.5, 0.6) is 0 Å². The normalized spacial score (nSPS) is 9.38. The Hall–Kier alpha value is 0.110. The molecule has 13 heavy (non-hydrogen) atoms. The van der Waals surface area contributed by atoms with Gasteiger partial charge in [0.25, 0.3) is 0 Å². The number of thioether (sulfide) groups is 1. The summed E-state index contributed by atoms with van der Waals surface area (Å²) >= 11 is 7.59. The Bertz CT molecular complexity index is 226. The van der Waals surface area contributed by atoms with E-state index in [1.165, 1.54) is 5.56 Å². The summed E-state index contributed by atoms with van der Waals surface area (Å²) in [6, 6.07) is 7.93. The topological polar surface area (TPSA) is 26.0 Å². The first-order valence-corrected chi connectivity index (χ1v) is 5.38. The van der Waals surface area contributed by atoms with Crippen LogP contribution in [0.3, 0.4) is 0 Å². The monoisotopic (exact) mass is 237 g/mol. The predicted molar refractivity (Wildman–Crippen MR) is 63.9 cm³/mol. The highest BCUT2D eigenvalue weighted by molar-refractivity contribution is 7.98. The smallest absolute Gasteiger partial charge is 0.0406 e. The summed E-state index contributed by atoms with van der Waals surface area (Å²) in [4.78, 5) is 0. The van der Waals surface area contributed by atoms with Crippen molar-refractivity contribution in [2.24, 2.45) is 5.73 Å². The van der Waals surface area contributed by atoms with Gasteiger partial charge < -0.3 is 5.73 Å². The summed E-state index contributed by atoms with van der Waals surface area (Å²) in [7, 11) is 0. The minimum Gasteiger partial charge on any atom is -0.330 e. The molecule has 0 aliphatic heterocycles. The van der Waals surface area contributed by atoms with E-state index in [-0.39, 0.29) is 12.4 Å². The average molecular weight is 238 g/mol. The fraction of sp³-hybridized carbons (Fsp3) is 0.333. The van der Waals surface area contributed by atoms with Crippen molar-refractivity contribution < 1.29 is 0 Å². The van der Waals surface area contributed by atoms with Crippen LogP contribution in [0.1, 0.15) is 5.56 Å². The highest BCUT2D eigenvalue weighted by Crippen LogP contribution is 2.14. The molecule has 0 atom stereocenters. The molecule has 4 heteroatoms. The molecule has 0 aromatic heterocycles. The third-order valence-corrected chi connectivity index (χ3v) is 2.76. The minimum atomic E-state index is 0. The molecule has 0 saturated heterocycles. The second-order valence-corrected chi connectivity index (χ2v) is 4.01. The van der Waals surface area contributed by atoms with Gasteiger partial charge in [0.15, 0.2) is 0 Å². The number of rotatable bonds is 4. The predicted octanol–water partition coefficient (Wildman–Crippen LogP) is 2.95. The zero-order valence-electron chi connectivity index (χ0n) is 7.20. The first kappa shape index (κ1) is 13.1. The van der Waals surface area contributed by atoms with Crippen molar-refractivity contribution in [2.45, 2.75) is 5.75 Å². The van der Waals surface area contributed by atoms with Gasteiger partial charge in [0.1, 0.15) is 0 Å². The maximum Gasteiger partial charge on any atom is 0.0406 e. The van der Waals surface area contributed by atoms with Crippen molar-refractivity contribution in [3.63, 3.8) is 0 Å². The number of hydrogen-bond acceptors (Lipinski definition) is 2. The molecule has 0 fully saturated rings. The summed E-state index contributed by atoms with van der Waals surface area (Å²) in [5, 5.41) is 0.794. The van der Waals surface area contributed by atoms with E-state index in [0.29, 0.717) is 0 Å². The van der Waals surface area contributed by atoms with E-state index in [1.807, 2.05) is 36.0 Å². The molecule has 0 spiro atoms. The maximum atomic E-state index is 5.75. The molecule has 1 aromatic rings. The summed E-state index contributed by atoms with van der Waals surface area (Å²) in [6.45, 7) is 0.748. The first-order valence-electron chi connectivity index (χ1n) is 3.85. The van der Waals surface area contributed by atoms with Gasteiger partial charge in [-0.05, 0) is 17.7 Å². The molecule has 0 bridgehead atoms. The second kappa shape index (κ2) is 7.51. The maximum absolute atomic E-state index is 5.75. The molecule has 1 aromatic carbocycles. The first-order chi connectivity index (χ1) is 5.83. The molecule has 2 N–H and O–H groups in total. The summed E-state index contributed by atoms with van der Waals surface area (Å²) < 4.78 is 0. The van der Waals surface area contributed by atoms with E-state index >= 15 is 0 Å². The number of hydrogen-bond donors (Lipinski definition) is 1. The molecular weight excluding hydrogens is 225 g/mol. The standard InChI is InChI=1S/C9H12ClNS.ClH/c10-9-3-1-8(2-4-9)7-12-6-5-11;/h1-4H,5-7,11H2;1H. The Kier molecular flexibility index (Phi) is 7.57. The molecule has 0 saturated carbocycles. The summed E-state index contributed by atoms with van der Waals surface area (Å²) in [5.41, 5.74) is 6.68. The van der Waals surface area contributed by atoms with E-state index in [9.17, 15) is 0 Å². The Morgan fingerprint density at radius 1 is 1.23 bits per heavy atom. The van der Waals surface area contributed by atoms with Crippen LogP contribution in [0.25, 0.3) is 0 Å². The largest absolute Gasteiger partial charge is 0.330 e. The van der Waals surface area contributed by atoms with Gasteiger partial charge in [-0.25, -0.2) is 0 Å². The lowest BCUT2D eigenvalue weighted by Gasteiger charge is -1.99. The van der Waals surface area contributed by atoms with Gasteiger partial charge in [-0.15, -0.1) is 12.4 Å². The van der Waals surface area contributed by atoms with E-state index in [2.05, 4.69) is 0 Å². The second-order valence-electron chi connectivity index (χ2n) is 2.47. The highest BCUT2D eigenvalue weighted by atomic mass is 35.5. The molecule has 0 aliphatic carbocycles. The fourth-order valence-corrected chi connectivity index (χ4v) is 1.72.